The molecule has 3 rings (SSSR count). The number of aldehydes is 1. The van der Waals surface area contributed by atoms with E-state index in [9.17, 15) is 9.18 Å². The first-order valence-corrected chi connectivity index (χ1v) is 6.56. The molecule has 6 heteroatoms. The molecule has 0 bridgehead atoms. The minimum absolute atomic E-state index is 0.115. The normalized spacial score (nSPS) is 13.8. The number of hydrogen-bond donors (Lipinski definition) is 0. The van der Waals surface area contributed by atoms with Gasteiger partial charge < -0.3 is 9.30 Å². The Morgan fingerprint density at radius 2 is 2.25 bits per heavy atom. The maximum atomic E-state index is 13.7. The van der Waals surface area contributed by atoms with Gasteiger partial charge in [-0.3, -0.25) is 4.79 Å². The van der Waals surface area contributed by atoms with Gasteiger partial charge in [0, 0.05) is 18.5 Å². The van der Waals surface area contributed by atoms with Crippen molar-refractivity contribution in [2.75, 3.05) is 0 Å². The first kappa shape index (κ1) is 12.8. The van der Waals surface area contributed by atoms with Crippen molar-refractivity contribution in [3.63, 3.8) is 0 Å². The molecule has 20 heavy (non-hydrogen) atoms. The summed E-state index contributed by atoms with van der Waals surface area (Å²) in [4.78, 5) is 10.5. The minimum atomic E-state index is -0.548. The lowest BCUT2D eigenvalue weighted by Crippen LogP contribution is -2.14. The van der Waals surface area contributed by atoms with Gasteiger partial charge in [-0.05, 0) is 31.0 Å². The number of fused-ring (bicyclic) bond motifs is 1. The molecule has 2 heterocycles. The van der Waals surface area contributed by atoms with Crippen LogP contribution in [0.3, 0.4) is 0 Å². The van der Waals surface area contributed by atoms with E-state index in [1.54, 1.807) is 0 Å². The topological polar surface area (TPSA) is 57.0 Å². The van der Waals surface area contributed by atoms with Crippen molar-refractivity contribution >= 4 is 6.29 Å². The Hall–Kier alpha value is -2.24. The van der Waals surface area contributed by atoms with Gasteiger partial charge in [-0.15, -0.1) is 10.2 Å². The summed E-state index contributed by atoms with van der Waals surface area (Å²) in [7, 11) is 0. The van der Waals surface area contributed by atoms with Gasteiger partial charge in [-0.1, -0.05) is 0 Å². The number of carbonyl (C=O) groups excluding carboxylic acids is 1. The average Bonchev–Trinajstić information content (AvgIpc) is 2.89. The Balaban J connectivity index is 1.73. The molecule has 5 nitrogen and oxygen atoms in total. The fraction of sp³-hybridized carbons (Fsp3) is 0.357. The van der Waals surface area contributed by atoms with E-state index in [2.05, 4.69) is 10.2 Å². The van der Waals surface area contributed by atoms with Gasteiger partial charge >= 0.3 is 0 Å². The van der Waals surface area contributed by atoms with E-state index in [0.29, 0.717) is 12.1 Å². The molecular formula is C14H14FN3O2. The van der Waals surface area contributed by atoms with Crippen LogP contribution in [0.25, 0.3) is 0 Å². The lowest BCUT2D eigenvalue weighted by Gasteiger charge is -2.15. The van der Waals surface area contributed by atoms with Gasteiger partial charge in [-0.25, -0.2) is 4.39 Å². The fourth-order valence-corrected chi connectivity index (χ4v) is 2.33. The highest BCUT2D eigenvalue weighted by Gasteiger charge is 2.16. The molecule has 1 aliphatic rings. The molecule has 0 aliphatic carbocycles. The van der Waals surface area contributed by atoms with Crippen LogP contribution in [0.5, 0.6) is 5.75 Å². The van der Waals surface area contributed by atoms with Gasteiger partial charge in [0.15, 0.2) is 17.4 Å². The molecule has 0 amide bonds. The Kier molecular flexibility index (Phi) is 3.45. The quantitative estimate of drug-likeness (QED) is 0.802. The molecule has 1 aromatic carbocycles. The van der Waals surface area contributed by atoms with Crippen LogP contribution >= 0.6 is 0 Å². The average molecular weight is 275 g/mol. The van der Waals surface area contributed by atoms with Crippen molar-refractivity contribution in [2.24, 2.45) is 0 Å². The van der Waals surface area contributed by atoms with Crippen LogP contribution < -0.4 is 4.74 Å². The van der Waals surface area contributed by atoms with E-state index in [-0.39, 0.29) is 17.9 Å². The summed E-state index contributed by atoms with van der Waals surface area (Å²) in [6.07, 6.45) is 3.75. The van der Waals surface area contributed by atoms with Crippen molar-refractivity contribution in [3.05, 3.63) is 41.2 Å². The molecule has 0 unspecified atom stereocenters. The number of carbonyl (C=O) groups is 1. The Bertz CT molecular complexity index is 639. The van der Waals surface area contributed by atoms with Crippen molar-refractivity contribution in [3.8, 4) is 5.75 Å². The second kappa shape index (κ2) is 5.40. The third kappa shape index (κ3) is 2.41. The molecule has 1 aliphatic heterocycles. The van der Waals surface area contributed by atoms with Gasteiger partial charge in [0.05, 0.1) is 0 Å². The number of hydrogen-bond acceptors (Lipinski definition) is 4. The highest BCUT2D eigenvalue weighted by molar-refractivity contribution is 5.74. The summed E-state index contributed by atoms with van der Waals surface area (Å²) in [5.41, 5.74) is 0.287. The molecule has 0 radical (unpaired) electrons. The Labute approximate surface area is 115 Å². The molecule has 0 atom stereocenters. The zero-order valence-electron chi connectivity index (χ0n) is 10.9. The van der Waals surface area contributed by atoms with Crippen LogP contribution in [0.15, 0.2) is 18.2 Å². The second-order valence-electron chi connectivity index (χ2n) is 4.74. The molecule has 0 fully saturated rings. The summed E-state index contributed by atoms with van der Waals surface area (Å²) < 4.78 is 21.1. The van der Waals surface area contributed by atoms with Crippen LogP contribution in [0.2, 0.25) is 0 Å². The third-order valence-electron chi connectivity index (χ3n) is 3.38. The maximum Gasteiger partial charge on any atom is 0.171 e. The van der Waals surface area contributed by atoms with Crippen molar-refractivity contribution in [1.29, 1.82) is 0 Å². The summed E-state index contributed by atoms with van der Waals surface area (Å²) in [5.74, 6) is 1.24. The SMILES string of the molecule is O=Cc1ccc(OCc2nnc3n2CCCC3)c(F)c1. The van der Waals surface area contributed by atoms with Gasteiger partial charge in [-0.2, -0.15) is 0 Å². The maximum absolute atomic E-state index is 13.7. The Morgan fingerprint density at radius 3 is 3.05 bits per heavy atom. The van der Waals surface area contributed by atoms with Crippen LogP contribution in [0, 0.1) is 5.82 Å². The van der Waals surface area contributed by atoms with E-state index < -0.39 is 5.82 Å². The predicted octanol–water partition coefficient (Wildman–Crippen LogP) is 2.15. The van der Waals surface area contributed by atoms with Crippen molar-refractivity contribution in [1.82, 2.24) is 14.8 Å². The molecule has 0 spiro atoms. The highest BCUT2D eigenvalue weighted by atomic mass is 19.1. The van der Waals surface area contributed by atoms with Crippen molar-refractivity contribution < 1.29 is 13.9 Å². The van der Waals surface area contributed by atoms with Gasteiger partial charge in [0.2, 0.25) is 0 Å². The minimum Gasteiger partial charge on any atom is -0.483 e. The molecule has 0 N–H and O–H groups in total. The van der Waals surface area contributed by atoms with E-state index in [0.717, 1.165) is 37.7 Å². The van der Waals surface area contributed by atoms with Gasteiger partial charge in [0.1, 0.15) is 18.7 Å². The fourth-order valence-electron chi connectivity index (χ4n) is 2.33. The Morgan fingerprint density at radius 1 is 1.35 bits per heavy atom. The lowest BCUT2D eigenvalue weighted by molar-refractivity contribution is 0.112. The van der Waals surface area contributed by atoms with Crippen LogP contribution in [-0.2, 0) is 19.6 Å². The molecule has 104 valence electrons. The number of rotatable bonds is 4. The van der Waals surface area contributed by atoms with Crippen LogP contribution in [-0.4, -0.2) is 21.1 Å². The van der Waals surface area contributed by atoms with Crippen LogP contribution in [0.4, 0.5) is 4.39 Å². The standard InChI is InChI=1S/C14H14FN3O2/c15-11-7-10(8-19)4-5-12(11)20-9-14-17-16-13-3-1-2-6-18(13)14/h4-5,7-8H,1-3,6,9H2. The zero-order valence-corrected chi connectivity index (χ0v) is 10.9. The summed E-state index contributed by atoms with van der Waals surface area (Å²) in [6, 6.07) is 4.12. The molecular weight excluding hydrogens is 261 g/mol. The summed E-state index contributed by atoms with van der Waals surface area (Å²) in [5, 5.41) is 8.20. The lowest BCUT2D eigenvalue weighted by atomic mass is 10.2. The monoisotopic (exact) mass is 275 g/mol. The van der Waals surface area contributed by atoms with E-state index in [4.69, 9.17) is 4.74 Å². The molecule has 1 aromatic heterocycles. The summed E-state index contributed by atoms with van der Waals surface area (Å²) >= 11 is 0. The third-order valence-corrected chi connectivity index (χ3v) is 3.38. The van der Waals surface area contributed by atoms with E-state index >= 15 is 0 Å². The van der Waals surface area contributed by atoms with E-state index in [1.807, 2.05) is 4.57 Å². The molecule has 0 saturated carbocycles. The second-order valence-corrected chi connectivity index (χ2v) is 4.74. The predicted molar refractivity (Wildman–Crippen MR) is 69.1 cm³/mol. The largest absolute Gasteiger partial charge is 0.483 e. The number of nitrogens with zero attached hydrogens (tertiary/aromatic N) is 3. The molecule has 2 aromatic rings. The number of halogens is 1. The van der Waals surface area contributed by atoms with Gasteiger partial charge in [0.25, 0.3) is 0 Å². The number of ether oxygens (including phenoxy) is 1. The zero-order chi connectivity index (χ0) is 13.9. The molecule has 0 saturated heterocycles. The highest BCUT2D eigenvalue weighted by Crippen LogP contribution is 2.20. The number of aromatic nitrogens is 3. The first-order chi connectivity index (χ1) is 9.78. The number of benzene rings is 1. The van der Waals surface area contributed by atoms with Crippen LogP contribution in [0.1, 0.15) is 34.8 Å². The summed E-state index contributed by atoms with van der Waals surface area (Å²) in [6.45, 7) is 1.05. The number of aryl methyl sites for hydroxylation is 1. The van der Waals surface area contributed by atoms with E-state index in [1.165, 1.54) is 12.1 Å². The smallest absolute Gasteiger partial charge is 0.171 e. The first-order valence-electron chi connectivity index (χ1n) is 6.56. The van der Waals surface area contributed by atoms with Crippen molar-refractivity contribution in [2.45, 2.75) is 32.4 Å².